The Hall–Kier alpha value is -9.19. The minimum atomic E-state index is 0.814. The van der Waals surface area contributed by atoms with E-state index in [1.54, 1.807) is 0 Å². The van der Waals surface area contributed by atoms with Gasteiger partial charge in [0.1, 0.15) is 5.65 Å². The van der Waals surface area contributed by atoms with Gasteiger partial charge < -0.3 is 9.30 Å². The van der Waals surface area contributed by atoms with Crippen molar-refractivity contribution < 1.29 is 0 Å². The number of hydrogen-bond donors (Lipinski definition) is 0. The molecule has 5 heteroatoms. The van der Waals surface area contributed by atoms with E-state index in [0.29, 0.717) is 0 Å². The van der Waals surface area contributed by atoms with Crippen LogP contribution in [0, 0.1) is 0 Å². The van der Waals surface area contributed by atoms with E-state index in [4.69, 9.17) is 15.0 Å². The minimum absolute atomic E-state index is 0.814. The largest absolute Gasteiger partial charge is 0.311 e. The third-order valence-electron chi connectivity index (χ3n) is 12.6. The molecule has 0 radical (unpaired) electrons. The molecule has 0 amide bonds. The smallest absolute Gasteiger partial charge is 0.137 e. The van der Waals surface area contributed by atoms with Gasteiger partial charge >= 0.3 is 0 Å². The van der Waals surface area contributed by atoms with Gasteiger partial charge in [-0.3, -0.25) is 0 Å². The van der Waals surface area contributed by atoms with Gasteiger partial charge in [0.15, 0.2) is 0 Å². The summed E-state index contributed by atoms with van der Waals surface area (Å²) in [5, 5.41) is 0. The predicted octanol–water partition coefficient (Wildman–Crippen LogP) is 16.4. The second kappa shape index (κ2) is 17.7. The first kappa shape index (κ1) is 40.3. The Balaban J connectivity index is 1.01. The number of rotatable bonds is 10. The van der Waals surface area contributed by atoms with Crippen LogP contribution < -0.4 is 4.90 Å². The summed E-state index contributed by atoms with van der Waals surface area (Å²) in [4.78, 5) is 18.6. The summed E-state index contributed by atoms with van der Waals surface area (Å²) in [5.41, 5.74) is 20.2. The van der Waals surface area contributed by atoms with Gasteiger partial charge in [-0.25, -0.2) is 15.0 Å². The summed E-state index contributed by atoms with van der Waals surface area (Å²) in [5.74, 6) is 0. The van der Waals surface area contributed by atoms with Gasteiger partial charge in [0.05, 0.1) is 28.1 Å². The molecule has 0 atom stereocenters. The number of pyridine rings is 1. The zero-order valence-electron chi connectivity index (χ0n) is 37.1. The Morgan fingerprint density at radius 3 is 1.22 bits per heavy atom. The summed E-state index contributed by atoms with van der Waals surface area (Å²) in [7, 11) is 0. The molecule has 5 nitrogen and oxygen atoms in total. The van der Waals surface area contributed by atoms with Crippen LogP contribution >= 0.6 is 0 Å². The van der Waals surface area contributed by atoms with Gasteiger partial charge in [0.2, 0.25) is 0 Å². The highest BCUT2D eigenvalue weighted by atomic mass is 15.1. The second-order valence-corrected chi connectivity index (χ2v) is 16.9. The summed E-state index contributed by atoms with van der Waals surface area (Å²) in [6, 6.07) is 87.4. The number of fused-ring (bicyclic) bond motifs is 2. The standard InChI is InChI=1S/C63H43N5/c1-5-17-44(18-6-1)49-23-15-25-51(41-49)56-38-39-57(52-26-16-24-50(42-52)45-19-7-2-8-20-45)63-62(56)65-60(47-21-9-3-10-22-47)61(66-63)48-32-36-55(37-33-48)68(53-27-11-4-12-28-53)54-34-30-46(31-35-54)58-43-67-40-14-13-29-59(67)64-58/h1-43H. The number of benzene rings is 9. The monoisotopic (exact) mass is 869 g/mol. The highest BCUT2D eigenvalue weighted by Gasteiger charge is 2.21. The third-order valence-corrected chi connectivity index (χ3v) is 12.6. The molecule has 9 aromatic carbocycles. The van der Waals surface area contributed by atoms with Gasteiger partial charge in [0, 0.05) is 57.3 Å². The lowest BCUT2D eigenvalue weighted by Gasteiger charge is -2.26. The lowest BCUT2D eigenvalue weighted by molar-refractivity contribution is 1.19. The number of hydrogen-bond acceptors (Lipinski definition) is 4. The van der Waals surface area contributed by atoms with E-state index in [0.717, 1.165) is 101 Å². The van der Waals surface area contributed by atoms with E-state index in [-0.39, 0.29) is 0 Å². The molecular weight excluding hydrogens is 827 g/mol. The zero-order valence-corrected chi connectivity index (χ0v) is 37.1. The Morgan fingerprint density at radius 2 is 0.706 bits per heavy atom. The highest BCUT2D eigenvalue weighted by Crippen LogP contribution is 2.42. The molecule has 0 spiro atoms. The van der Waals surface area contributed by atoms with Crippen molar-refractivity contribution in [2.24, 2.45) is 0 Å². The molecule has 3 aromatic heterocycles. The first-order valence-electron chi connectivity index (χ1n) is 22.9. The number of para-hydroxylation sites is 1. The molecule has 12 rings (SSSR count). The number of anilines is 3. The van der Waals surface area contributed by atoms with Crippen molar-refractivity contribution in [2.75, 3.05) is 4.90 Å². The topological polar surface area (TPSA) is 46.3 Å². The summed E-state index contributed by atoms with van der Waals surface area (Å²) >= 11 is 0. The lowest BCUT2D eigenvalue weighted by atomic mass is 9.93. The molecular formula is C63H43N5. The summed E-state index contributed by atoms with van der Waals surface area (Å²) in [6.07, 6.45) is 4.10. The van der Waals surface area contributed by atoms with Crippen LogP contribution in [0.15, 0.2) is 261 Å². The first-order valence-corrected chi connectivity index (χ1v) is 22.9. The molecule has 3 heterocycles. The van der Waals surface area contributed by atoms with E-state index in [1.807, 2.05) is 30.5 Å². The molecule has 0 N–H and O–H groups in total. The molecule has 320 valence electrons. The molecule has 0 aliphatic heterocycles. The molecule has 0 aliphatic carbocycles. The molecule has 0 aliphatic rings. The minimum Gasteiger partial charge on any atom is -0.311 e. The average Bonchev–Trinajstić information content (AvgIpc) is 3.87. The van der Waals surface area contributed by atoms with Crippen LogP contribution in [0.25, 0.3) is 95.0 Å². The van der Waals surface area contributed by atoms with Crippen molar-refractivity contribution in [1.82, 2.24) is 19.4 Å². The van der Waals surface area contributed by atoms with Crippen molar-refractivity contribution in [1.29, 1.82) is 0 Å². The highest BCUT2D eigenvalue weighted by molar-refractivity contribution is 6.03. The van der Waals surface area contributed by atoms with Crippen LogP contribution in [0.1, 0.15) is 0 Å². The fourth-order valence-corrected chi connectivity index (χ4v) is 9.24. The van der Waals surface area contributed by atoms with Crippen molar-refractivity contribution >= 4 is 33.7 Å². The van der Waals surface area contributed by atoms with Crippen LogP contribution in [0.3, 0.4) is 0 Å². The van der Waals surface area contributed by atoms with Gasteiger partial charge in [-0.05, 0) is 94.0 Å². The van der Waals surface area contributed by atoms with E-state index >= 15 is 0 Å². The van der Waals surface area contributed by atoms with Crippen LogP contribution in [0.5, 0.6) is 0 Å². The molecule has 12 aromatic rings. The Bertz CT molecular complexity index is 3670. The molecule has 68 heavy (non-hydrogen) atoms. The molecule has 0 unspecified atom stereocenters. The fraction of sp³-hybridized carbons (Fsp3) is 0. The average molecular weight is 870 g/mol. The van der Waals surface area contributed by atoms with Crippen molar-refractivity contribution in [3.05, 3.63) is 261 Å². The summed E-state index contributed by atoms with van der Waals surface area (Å²) in [6.45, 7) is 0. The van der Waals surface area contributed by atoms with Crippen LogP contribution in [-0.2, 0) is 0 Å². The van der Waals surface area contributed by atoms with Crippen LogP contribution in [0.2, 0.25) is 0 Å². The van der Waals surface area contributed by atoms with E-state index in [9.17, 15) is 0 Å². The van der Waals surface area contributed by atoms with Gasteiger partial charge in [-0.1, -0.05) is 188 Å². The fourth-order valence-electron chi connectivity index (χ4n) is 9.24. The first-order chi connectivity index (χ1) is 33.7. The van der Waals surface area contributed by atoms with E-state index in [2.05, 4.69) is 240 Å². The van der Waals surface area contributed by atoms with Crippen molar-refractivity contribution in [3.63, 3.8) is 0 Å². The predicted molar refractivity (Wildman–Crippen MR) is 281 cm³/mol. The normalized spacial score (nSPS) is 11.2. The number of imidazole rings is 1. The quantitative estimate of drug-likeness (QED) is 0.137. The Labute approximate surface area is 395 Å². The van der Waals surface area contributed by atoms with Gasteiger partial charge in [-0.15, -0.1) is 0 Å². The maximum absolute atomic E-state index is 5.73. The zero-order chi connectivity index (χ0) is 45.2. The third kappa shape index (κ3) is 7.78. The van der Waals surface area contributed by atoms with E-state index in [1.165, 1.54) is 11.1 Å². The van der Waals surface area contributed by atoms with Crippen molar-refractivity contribution in [2.45, 2.75) is 0 Å². The molecule has 0 saturated heterocycles. The second-order valence-electron chi connectivity index (χ2n) is 16.9. The van der Waals surface area contributed by atoms with Crippen LogP contribution in [-0.4, -0.2) is 19.4 Å². The molecule has 0 fully saturated rings. The SMILES string of the molecule is c1ccc(-c2cccc(-c3ccc(-c4cccc(-c5ccccc5)c4)c4nc(-c5ccc(N(c6ccccc6)c6ccc(-c7cn8ccccc8n7)cc6)cc5)c(-c5ccccc5)nc34)c2)cc1. The molecule has 0 saturated carbocycles. The maximum atomic E-state index is 5.73. The number of nitrogens with zero attached hydrogens (tertiary/aromatic N) is 5. The Morgan fingerprint density at radius 1 is 0.294 bits per heavy atom. The maximum Gasteiger partial charge on any atom is 0.137 e. The van der Waals surface area contributed by atoms with Crippen molar-refractivity contribution in [3.8, 4) is 78.3 Å². The molecule has 0 bridgehead atoms. The van der Waals surface area contributed by atoms with Crippen LogP contribution in [0.4, 0.5) is 17.1 Å². The Kier molecular flexibility index (Phi) is 10.5. The summed E-state index contributed by atoms with van der Waals surface area (Å²) < 4.78 is 2.05. The van der Waals surface area contributed by atoms with E-state index < -0.39 is 0 Å². The van der Waals surface area contributed by atoms with Gasteiger partial charge in [-0.2, -0.15) is 0 Å². The number of aromatic nitrogens is 4. The lowest BCUT2D eigenvalue weighted by Crippen LogP contribution is -2.09. The van der Waals surface area contributed by atoms with Gasteiger partial charge in [0.25, 0.3) is 0 Å².